The zero-order chi connectivity index (χ0) is 30.2. The molecule has 0 fully saturated rings. The molecule has 1 aromatic heterocycles. The number of carbonyl (C=O) groups is 2. The van der Waals surface area contributed by atoms with Crippen molar-refractivity contribution in [3.8, 4) is 11.5 Å². The average molecular weight is 615 g/mol. The lowest BCUT2D eigenvalue weighted by Crippen LogP contribution is -2.53. The van der Waals surface area contributed by atoms with E-state index in [2.05, 4.69) is 20.5 Å². The molecule has 11 nitrogen and oxygen atoms in total. The Balaban J connectivity index is 1.64. The van der Waals surface area contributed by atoms with Crippen molar-refractivity contribution < 1.29 is 58.6 Å². The van der Waals surface area contributed by atoms with Crippen molar-refractivity contribution in [1.29, 1.82) is 0 Å². The Morgan fingerprint density at radius 2 is 1.98 bits per heavy atom. The van der Waals surface area contributed by atoms with E-state index in [4.69, 9.17) is 9.47 Å². The van der Waals surface area contributed by atoms with Crippen LogP contribution in [0.15, 0.2) is 18.2 Å². The maximum Gasteiger partial charge on any atom is 0.522 e. The van der Waals surface area contributed by atoms with E-state index in [1.807, 2.05) is 0 Å². The second-order valence-electron chi connectivity index (χ2n) is 9.53. The van der Waals surface area contributed by atoms with Crippen LogP contribution in [0.25, 0.3) is 0 Å². The fourth-order valence-corrected chi connectivity index (χ4v) is 5.19. The molecule has 0 aliphatic carbocycles. The Kier molecular flexibility index (Phi) is 8.19. The van der Waals surface area contributed by atoms with Crippen LogP contribution in [0.3, 0.4) is 0 Å². The number of halogens is 6. The normalized spacial score (nSPS) is 18.8. The second kappa shape index (κ2) is 11.0. The summed E-state index contributed by atoms with van der Waals surface area (Å²) in [4.78, 5) is 25.8. The van der Waals surface area contributed by atoms with Crippen molar-refractivity contribution in [3.63, 3.8) is 0 Å². The monoisotopic (exact) mass is 614 g/mol. The smallest absolute Gasteiger partial charge is 0.493 e. The number of hydrogen-bond donors (Lipinski definition) is 2. The highest BCUT2D eigenvalue weighted by Crippen LogP contribution is 2.44. The lowest BCUT2D eigenvalue weighted by Gasteiger charge is -2.41. The van der Waals surface area contributed by atoms with Crippen LogP contribution in [0.2, 0.25) is 0 Å². The van der Waals surface area contributed by atoms with Crippen LogP contribution in [-0.4, -0.2) is 74.4 Å². The van der Waals surface area contributed by atoms with E-state index in [1.54, 1.807) is 0 Å². The minimum atomic E-state index is -4.86. The van der Waals surface area contributed by atoms with Gasteiger partial charge in [-0.05, 0) is 18.6 Å². The molecule has 0 radical (unpaired) electrons. The molecule has 2 N–H and O–H groups in total. The van der Waals surface area contributed by atoms with Crippen LogP contribution in [0.4, 0.5) is 32.2 Å². The Morgan fingerprint density at radius 3 is 2.63 bits per heavy atom. The highest BCUT2D eigenvalue weighted by molar-refractivity contribution is 7.91. The van der Waals surface area contributed by atoms with Gasteiger partial charge in [-0.3, -0.25) is 14.3 Å². The van der Waals surface area contributed by atoms with Gasteiger partial charge >= 0.3 is 12.5 Å². The summed E-state index contributed by atoms with van der Waals surface area (Å²) in [6.45, 7) is -2.42. The number of rotatable bonds is 9. The molecule has 2 aliphatic rings. The zero-order valence-corrected chi connectivity index (χ0v) is 22.1. The van der Waals surface area contributed by atoms with Crippen LogP contribution in [0.5, 0.6) is 11.5 Å². The van der Waals surface area contributed by atoms with Crippen molar-refractivity contribution in [2.24, 2.45) is 0 Å². The minimum absolute atomic E-state index is 0.0220. The van der Waals surface area contributed by atoms with Crippen LogP contribution in [-0.2, 0) is 37.9 Å². The topological polar surface area (TPSA) is 138 Å². The third kappa shape index (κ3) is 7.60. The van der Waals surface area contributed by atoms with Crippen LogP contribution in [0, 0.1) is 0 Å². The lowest BCUT2D eigenvalue weighted by atomic mass is 9.77. The number of fused-ring (bicyclic) bond motifs is 3. The fraction of sp³-hybridized carbons (Fsp3) is 0.522. The molecule has 0 unspecified atom stereocenters. The Morgan fingerprint density at radius 1 is 1.24 bits per heavy atom. The van der Waals surface area contributed by atoms with E-state index >= 15 is 0 Å². The largest absolute Gasteiger partial charge is 0.522 e. The number of aromatic nitrogens is 2. The predicted octanol–water partition coefficient (Wildman–Crippen LogP) is 2.70. The molecule has 4 rings (SSSR count). The van der Waals surface area contributed by atoms with Gasteiger partial charge in [-0.15, -0.1) is 13.2 Å². The minimum Gasteiger partial charge on any atom is -0.493 e. The third-order valence-electron chi connectivity index (χ3n) is 6.16. The van der Waals surface area contributed by atoms with Gasteiger partial charge in [0.2, 0.25) is 5.91 Å². The van der Waals surface area contributed by atoms with Crippen molar-refractivity contribution in [2.75, 3.05) is 37.1 Å². The summed E-state index contributed by atoms with van der Waals surface area (Å²) in [5.41, 5.74) is -0.636. The highest BCUT2D eigenvalue weighted by Gasteiger charge is 2.46. The summed E-state index contributed by atoms with van der Waals surface area (Å²) in [7, 11) is -3.76. The second-order valence-corrected chi connectivity index (χ2v) is 11.7. The van der Waals surface area contributed by atoms with Gasteiger partial charge in [0, 0.05) is 37.3 Å². The number of nitrogens with one attached hydrogen (secondary N) is 2. The van der Waals surface area contributed by atoms with Crippen molar-refractivity contribution >= 4 is 27.5 Å². The first-order chi connectivity index (χ1) is 18.9. The van der Waals surface area contributed by atoms with Gasteiger partial charge in [0.05, 0.1) is 24.4 Å². The molecular weight excluding hydrogens is 590 g/mol. The molecule has 1 aromatic carbocycles. The van der Waals surface area contributed by atoms with Crippen molar-refractivity contribution in [3.05, 3.63) is 35.0 Å². The summed E-state index contributed by atoms with van der Waals surface area (Å²) in [5.74, 6) is -2.76. The van der Waals surface area contributed by atoms with Gasteiger partial charge in [-0.2, -0.15) is 18.3 Å². The lowest BCUT2D eigenvalue weighted by molar-refractivity contribution is -0.324. The Hall–Kier alpha value is -3.54. The van der Waals surface area contributed by atoms with E-state index < -0.39 is 58.7 Å². The standard InChI is InChI=1S/C23H24F6N4O7S/c1-41(36,37)11-17(34)30-19-18-15(32-33(19)6-2-7-40-23(27,28)29)10-21(31-20(18)35)5-8-38-16-9-13(3-4-14(16)21)39-12-22(24,25)26/h3-4,9H,2,5-8,10-12H2,1H3,(H,30,34)(H,31,35)/t21-/m1/s1. The number of ether oxygens (including phenoxy) is 3. The highest BCUT2D eigenvalue weighted by atomic mass is 32.2. The van der Waals surface area contributed by atoms with E-state index in [1.165, 1.54) is 18.2 Å². The molecule has 2 aliphatic heterocycles. The molecule has 1 spiro atoms. The summed E-state index contributed by atoms with van der Waals surface area (Å²) < 4.78 is 113. The quantitative estimate of drug-likeness (QED) is 0.325. The molecule has 226 valence electrons. The van der Waals surface area contributed by atoms with Crippen molar-refractivity contribution in [1.82, 2.24) is 15.1 Å². The number of nitrogens with zero attached hydrogens (tertiary/aromatic N) is 2. The molecule has 2 amide bonds. The fourth-order valence-electron chi connectivity index (χ4n) is 4.64. The SMILES string of the molecule is CS(=O)(=O)CC(=O)Nc1c2c(nn1CCCOC(F)(F)F)C[C@@]1(CCOc3cc(OCC(F)(F)F)ccc31)NC2=O. The first-order valence-corrected chi connectivity index (χ1v) is 14.1. The Labute approximate surface area is 229 Å². The third-order valence-corrected chi connectivity index (χ3v) is 6.95. The molecule has 2 aromatic rings. The van der Waals surface area contributed by atoms with E-state index in [-0.39, 0.29) is 61.0 Å². The molecule has 0 bridgehead atoms. The summed E-state index contributed by atoms with van der Waals surface area (Å²) in [6, 6.07) is 4.00. The number of aryl methyl sites for hydroxylation is 1. The van der Waals surface area contributed by atoms with Crippen LogP contribution < -0.4 is 20.1 Å². The number of carbonyl (C=O) groups excluding carboxylic acids is 2. The van der Waals surface area contributed by atoms with Gasteiger partial charge in [0.25, 0.3) is 5.91 Å². The summed E-state index contributed by atoms with van der Waals surface area (Å²) in [5, 5.41) is 9.52. The van der Waals surface area contributed by atoms with Crippen LogP contribution >= 0.6 is 0 Å². The zero-order valence-electron chi connectivity index (χ0n) is 21.3. The Bertz CT molecular complexity index is 1440. The average Bonchev–Trinajstić information content (AvgIpc) is 3.15. The molecule has 41 heavy (non-hydrogen) atoms. The maximum absolute atomic E-state index is 13.4. The van der Waals surface area contributed by atoms with Gasteiger partial charge in [-0.25, -0.2) is 13.1 Å². The number of alkyl halides is 6. The summed E-state index contributed by atoms with van der Waals surface area (Å²) in [6.07, 6.45) is -8.57. The van der Waals surface area contributed by atoms with Crippen LogP contribution in [0.1, 0.15) is 34.5 Å². The molecule has 0 saturated heterocycles. The number of benzene rings is 1. The van der Waals surface area contributed by atoms with E-state index in [0.717, 1.165) is 10.9 Å². The molecular formula is C23H24F6N4O7S. The molecule has 1 atom stereocenters. The van der Waals surface area contributed by atoms with E-state index in [9.17, 15) is 44.3 Å². The first kappa shape index (κ1) is 30.4. The van der Waals surface area contributed by atoms with Gasteiger partial charge in [0.15, 0.2) is 16.4 Å². The van der Waals surface area contributed by atoms with Gasteiger partial charge < -0.3 is 20.1 Å². The molecule has 18 heteroatoms. The molecule has 0 saturated carbocycles. The van der Waals surface area contributed by atoms with E-state index in [0.29, 0.717) is 5.56 Å². The number of amides is 2. The maximum atomic E-state index is 13.4. The van der Waals surface area contributed by atoms with Crippen molar-refractivity contribution in [2.45, 2.75) is 43.9 Å². The van der Waals surface area contributed by atoms with Gasteiger partial charge in [-0.1, -0.05) is 0 Å². The summed E-state index contributed by atoms with van der Waals surface area (Å²) >= 11 is 0. The predicted molar refractivity (Wildman–Crippen MR) is 128 cm³/mol. The molecule has 3 heterocycles. The van der Waals surface area contributed by atoms with Gasteiger partial charge in [0.1, 0.15) is 28.6 Å². The first-order valence-electron chi connectivity index (χ1n) is 12.0. The number of sulfone groups is 1. The number of anilines is 1. The number of hydrogen-bond acceptors (Lipinski definition) is 8.